The van der Waals surface area contributed by atoms with Crippen molar-refractivity contribution >= 4 is 32.7 Å². The van der Waals surface area contributed by atoms with Crippen molar-refractivity contribution in [2.24, 2.45) is 0 Å². The van der Waals surface area contributed by atoms with E-state index in [-0.39, 0.29) is 4.46 Å². The summed E-state index contributed by atoms with van der Waals surface area (Å²) in [6.45, 7) is 0. The maximum Gasteiger partial charge on any atom is 0.0910 e. The molecule has 0 N–H and O–H groups in total. The molecule has 48 valence electrons. The minimum absolute atomic E-state index is 0.230. The SMILES string of the molecule is FC=CC[SiH2]C(Cl)Cl. The van der Waals surface area contributed by atoms with Gasteiger partial charge in [0.1, 0.15) is 0 Å². The van der Waals surface area contributed by atoms with Gasteiger partial charge in [0.25, 0.3) is 0 Å². The van der Waals surface area contributed by atoms with E-state index in [4.69, 9.17) is 23.2 Å². The number of alkyl halides is 2. The molecular formula is C4H7Cl2FSi. The van der Waals surface area contributed by atoms with Crippen molar-refractivity contribution in [1.29, 1.82) is 0 Å². The summed E-state index contributed by atoms with van der Waals surface area (Å²) in [7, 11) is -0.461. The molecule has 0 aliphatic rings. The lowest BCUT2D eigenvalue weighted by molar-refractivity contribution is 0.719. The van der Waals surface area contributed by atoms with E-state index in [1.807, 2.05) is 0 Å². The molecule has 0 aliphatic heterocycles. The molecule has 0 bridgehead atoms. The van der Waals surface area contributed by atoms with Crippen LogP contribution in [0.2, 0.25) is 6.04 Å². The average molecular weight is 173 g/mol. The van der Waals surface area contributed by atoms with Crippen LogP contribution in [0.1, 0.15) is 0 Å². The maximum absolute atomic E-state index is 11.2. The van der Waals surface area contributed by atoms with Gasteiger partial charge in [-0.1, -0.05) is 6.08 Å². The Morgan fingerprint density at radius 3 is 2.62 bits per heavy atom. The molecule has 8 heavy (non-hydrogen) atoms. The van der Waals surface area contributed by atoms with Gasteiger partial charge >= 0.3 is 0 Å². The smallest absolute Gasteiger partial charge is 0.0910 e. The summed E-state index contributed by atoms with van der Waals surface area (Å²) in [6.07, 6.45) is 1.98. The Bertz CT molecular complexity index is 74.4. The van der Waals surface area contributed by atoms with Crippen LogP contribution in [0.5, 0.6) is 0 Å². The molecule has 0 fully saturated rings. The molecule has 0 aromatic heterocycles. The fourth-order valence-corrected chi connectivity index (χ4v) is 1.61. The zero-order chi connectivity index (χ0) is 6.41. The Kier molecular flexibility index (Phi) is 5.93. The number of hydrogen-bond acceptors (Lipinski definition) is 0. The van der Waals surface area contributed by atoms with Crippen molar-refractivity contribution in [2.75, 3.05) is 0 Å². The van der Waals surface area contributed by atoms with E-state index < -0.39 is 9.52 Å². The first-order valence-electron chi connectivity index (χ1n) is 2.30. The van der Waals surface area contributed by atoms with Crippen molar-refractivity contribution in [3.8, 4) is 0 Å². The van der Waals surface area contributed by atoms with Crippen LogP contribution in [-0.2, 0) is 0 Å². The van der Waals surface area contributed by atoms with E-state index in [1.165, 1.54) is 6.08 Å². The number of allylic oxidation sites excluding steroid dienone is 1. The molecular weight excluding hydrogens is 166 g/mol. The molecule has 0 unspecified atom stereocenters. The fraction of sp³-hybridized carbons (Fsp3) is 0.500. The summed E-state index contributed by atoms with van der Waals surface area (Å²) in [6, 6.07) is 0.744. The van der Waals surface area contributed by atoms with E-state index in [2.05, 4.69) is 0 Å². The summed E-state index contributed by atoms with van der Waals surface area (Å²) >= 11 is 10.8. The molecule has 0 saturated carbocycles. The van der Waals surface area contributed by atoms with Crippen molar-refractivity contribution < 1.29 is 4.39 Å². The predicted octanol–water partition coefficient (Wildman–Crippen LogP) is 1.82. The van der Waals surface area contributed by atoms with E-state index in [1.54, 1.807) is 0 Å². The third kappa shape index (κ3) is 6.47. The Labute approximate surface area is 60.5 Å². The molecule has 0 radical (unpaired) electrons. The van der Waals surface area contributed by atoms with Crippen molar-refractivity contribution in [3.05, 3.63) is 12.4 Å². The summed E-state index contributed by atoms with van der Waals surface area (Å²) in [5, 5.41) is 0. The van der Waals surface area contributed by atoms with Gasteiger partial charge in [0, 0.05) is 0 Å². The van der Waals surface area contributed by atoms with E-state index in [0.717, 1.165) is 6.04 Å². The van der Waals surface area contributed by atoms with Gasteiger partial charge in [0.15, 0.2) is 0 Å². The zero-order valence-corrected chi connectivity index (χ0v) is 7.21. The predicted molar refractivity (Wildman–Crippen MR) is 39.1 cm³/mol. The third-order valence-electron chi connectivity index (χ3n) is 0.641. The highest BCUT2D eigenvalue weighted by atomic mass is 35.5. The van der Waals surface area contributed by atoms with Gasteiger partial charge in [-0.05, 0) is 6.04 Å². The Balaban J connectivity index is 2.93. The molecule has 0 nitrogen and oxygen atoms in total. The summed E-state index contributed by atoms with van der Waals surface area (Å²) < 4.78 is 11.0. The summed E-state index contributed by atoms with van der Waals surface area (Å²) in [5.74, 6) is 0. The van der Waals surface area contributed by atoms with Gasteiger partial charge in [-0.2, -0.15) is 0 Å². The second-order valence-corrected chi connectivity index (χ2v) is 5.61. The number of hydrogen-bond donors (Lipinski definition) is 0. The molecule has 0 heterocycles. The molecule has 4 heteroatoms. The van der Waals surface area contributed by atoms with Crippen LogP contribution in [-0.4, -0.2) is 14.0 Å². The summed E-state index contributed by atoms with van der Waals surface area (Å²) in [4.78, 5) is 0. The molecule has 0 aliphatic carbocycles. The highest BCUT2D eigenvalue weighted by Gasteiger charge is 1.94. The van der Waals surface area contributed by atoms with E-state index in [0.29, 0.717) is 6.33 Å². The fourth-order valence-electron chi connectivity index (χ4n) is 0.285. The van der Waals surface area contributed by atoms with Crippen LogP contribution in [0.25, 0.3) is 0 Å². The van der Waals surface area contributed by atoms with Crippen LogP contribution < -0.4 is 0 Å². The van der Waals surface area contributed by atoms with Crippen LogP contribution in [0.15, 0.2) is 12.4 Å². The average Bonchev–Trinajstić information content (AvgIpc) is 1.66. The molecule has 0 aromatic carbocycles. The first-order chi connectivity index (χ1) is 3.77. The molecule has 0 spiro atoms. The highest BCUT2D eigenvalue weighted by molar-refractivity contribution is 6.68. The minimum Gasteiger partial charge on any atom is -0.216 e. The van der Waals surface area contributed by atoms with Gasteiger partial charge < -0.3 is 0 Å². The Hall–Kier alpha value is 0.467. The highest BCUT2D eigenvalue weighted by Crippen LogP contribution is 2.01. The van der Waals surface area contributed by atoms with Gasteiger partial charge in [0.2, 0.25) is 0 Å². The second-order valence-electron chi connectivity index (χ2n) is 1.33. The molecule has 0 aromatic rings. The van der Waals surface area contributed by atoms with Crippen LogP contribution in [0, 0.1) is 0 Å². The lowest BCUT2D eigenvalue weighted by Gasteiger charge is -1.90. The lowest BCUT2D eigenvalue weighted by atomic mass is 10.7. The first kappa shape index (κ1) is 8.47. The Morgan fingerprint density at radius 2 is 2.25 bits per heavy atom. The molecule has 0 saturated heterocycles. The van der Waals surface area contributed by atoms with Gasteiger partial charge in [-0.15, -0.1) is 23.2 Å². The summed E-state index contributed by atoms with van der Waals surface area (Å²) in [5.41, 5.74) is 0. The van der Waals surface area contributed by atoms with Crippen molar-refractivity contribution in [1.82, 2.24) is 0 Å². The topological polar surface area (TPSA) is 0 Å². The zero-order valence-electron chi connectivity index (χ0n) is 4.28. The molecule has 0 atom stereocenters. The van der Waals surface area contributed by atoms with Crippen molar-refractivity contribution in [2.45, 2.75) is 10.5 Å². The normalized spacial score (nSPS) is 13.0. The standard InChI is InChI=1S/C4H7Cl2FSi/c5-4(6)8-3-1-2-7/h1-2,4H,3,8H2. The van der Waals surface area contributed by atoms with Crippen LogP contribution >= 0.6 is 23.2 Å². The number of rotatable bonds is 3. The van der Waals surface area contributed by atoms with Gasteiger partial charge in [0.05, 0.1) is 20.3 Å². The maximum atomic E-state index is 11.2. The van der Waals surface area contributed by atoms with Gasteiger partial charge in [-0.25, -0.2) is 4.39 Å². The largest absolute Gasteiger partial charge is 0.216 e. The molecule has 0 rings (SSSR count). The molecule has 0 amide bonds. The number of halogens is 3. The second kappa shape index (κ2) is 5.60. The quantitative estimate of drug-likeness (QED) is 0.451. The third-order valence-corrected chi connectivity index (χ3v) is 3.05. The van der Waals surface area contributed by atoms with Crippen LogP contribution in [0.3, 0.4) is 0 Å². The lowest BCUT2D eigenvalue weighted by Crippen LogP contribution is -1.97. The van der Waals surface area contributed by atoms with E-state index >= 15 is 0 Å². The van der Waals surface area contributed by atoms with E-state index in [9.17, 15) is 4.39 Å². The monoisotopic (exact) mass is 172 g/mol. The first-order valence-corrected chi connectivity index (χ1v) is 4.99. The van der Waals surface area contributed by atoms with Crippen LogP contribution in [0.4, 0.5) is 4.39 Å². The minimum atomic E-state index is -0.461. The Morgan fingerprint density at radius 1 is 1.62 bits per heavy atom. The van der Waals surface area contributed by atoms with Gasteiger partial charge in [-0.3, -0.25) is 0 Å². The van der Waals surface area contributed by atoms with Crippen molar-refractivity contribution in [3.63, 3.8) is 0 Å².